The third-order valence-electron chi connectivity index (χ3n) is 2.55. The number of carboxylic acid groups (broad SMARTS) is 1. The SMILES string of the molecule is C#CCC(NC(=O)N(C)CC(C)CC)C(=O)O. The molecule has 0 radical (unpaired) electrons. The molecule has 0 fully saturated rings. The molecule has 5 nitrogen and oxygen atoms in total. The van der Waals surface area contributed by atoms with Crippen LogP contribution in [-0.4, -0.2) is 41.6 Å². The molecule has 0 bridgehead atoms. The molecule has 0 saturated heterocycles. The maximum Gasteiger partial charge on any atom is 0.327 e. The highest BCUT2D eigenvalue weighted by molar-refractivity contribution is 5.82. The van der Waals surface area contributed by atoms with Crippen molar-refractivity contribution < 1.29 is 14.7 Å². The average molecular weight is 240 g/mol. The van der Waals surface area contributed by atoms with Gasteiger partial charge >= 0.3 is 12.0 Å². The number of hydrogen-bond donors (Lipinski definition) is 2. The Labute approximate surface area is 102 Å². The van der Waals surface area contributed by atoms with Gasteiger partial charge in [0.05, 0.1) is 0 Å². The van der Waals surface area contributed by atoms with Gasteiger partial charge in [0.1, 0.15) is 6.04 Å². The van der Waals surface area contributed by atoms with E-state index >= 15 is 0 Å². The van der Waals surface area contributed by atoms with Gasteiger partial charge in [0, 0.05) is 20.0 Å². The monoisotopic (exact) mass is 240 g/mol. The summed E-state index contributed by atoms with van der Waals surface area (Å²) < 4.78 is 0. The fourth-order valence-corrected chi connectivity index (χ4v) is 1.26. The third-order valence-corrected chi connectivity index (χ3v) is 2.55. The first-order valence-electron chi connectivity index (χ1n) is 5.60. The van der Waals surface area contributed by atoms with Crippen molar-refractivity contribution >= 4 is 12.0 Å². The van der Waals surface area contributed by atoms with E-state index in [2.05, 4.69) is 11.2 Å². The van der Waals surface area contributed by atoms with Crippen molar-refractivity contribution in [3.8, 4) is 12.3 Å². The highest BCUT2D eigenvalue weighted by Crippen LogP contribution is 2.03. The van der Waals surface area contributed by atoms with Crippen LogP contribution in [0.1, 0.15) is 26.7 Å². The standard InChI is InChI=1S/C12H20N2O3/c1-5-7-10(11(15)16)13-12(17)14(4)8-9(3)6-2/h1,9-10H,6-8H2,2-4H3,(H,13,17)(H,15,16). The van der Waals surface area contributed by atoms with Crippen LogP contribution in [0.3, 0.4) is 0 Å². The number of nitrogens with zero attached hydrogens (tertiary/aromatic N) is 1. The number of amides is 2. The number of carbonyl (C=O) groups excluding carboxylic acids is 1. The van der Waals surface area contributed by atoms with Crippen LogP contribution < -0.4 is 5.32 Å². The highest BCUT2D eigenvalue weighted by Gasteiger charge is 2.21. The maximum atomic E-state index is 11.7. The molecule has 17 heavy (non-hydrogen) atoms. The molecule has 0 aliphatic carbocycles. The molecule has 0 spiro atoms. The zero-order valence-corrected chi connectivity index (χ0v) is 10.6. The molecular weight excluding hydrogens is 220 g/mol. The van der Waals surface area contributed by atoms with Crippen molar-refractivity contribution in [2.24, 2.45) is 5.92 Å². The van der Waals surface area contributed by atoms with Crippen LogP contribution in [0.4, 0.5) is 4.79 Å². The van der Waals surface area contributed by atoms with Crippen LogP contribution in [0.25, 0.3) is 0 Å². The normalized spacial score (nSPS) is 13.3. The molecule has 0 heterocycles. The van der Waals surface area contributed by atoms with Gasteiger partial charge in [-0.05, 0) is 5.92 Å². The minimum atomic E-state index is -1.12. The van der Waals surface area contributed by atoms with Gasteiger partial charge in [0.2, 0.25) is 0 Å². The van der Waals surface area contributed by atoms with Gasteiger partial charge in [0.25, 0.3) is 0 Å². The van der Waals surface area contributed by atoms with Crippen LogP contribution in [0, 0.1) is 18.3 Å². The number of carbonyl (C=O) groups is 2. The first-order valence-corrected chi connectivity index (χ1v) is 5.60. The van der Waals surface area contributed by atoms with Gasteiger partial charge < -0.3 is 15.3 Å². The smallest absolute Gasteiger partial charge is 0.327 e. The van der Waals surface area contributed by atoms with E-state index in [1.165, 1.54) is 4.90 Å². The van der Waals surface area contributed by atoms with E-state index in [4.69, 9.17) is 11.5 Å². The lowest BCUT2D eigenvalue weighted by Gasteiger charge is -2.23. The minimum Gasteiger partial charge on any atom is -0.480 e. The lowest BCUT2D eigenvalue weighted by Crippen LogP contribution is -2.47. The number of terminal acetylenes is 1. The average Bonchev–Trinajstić information content (AvgIpc) is 2.27. The van der Waals surface area contributed by atoms with Crippen LogP contribution >= 0.6 is 0 Å². The number of hydrogen-bond acceptors (Lipinski definition) is 2. The third kappa shape index (κ3) is 5.81. The number of carboxylic acids is 1. The number of rotatable bonds is 6. The molecule has 5 heteroatoms. The van der Waals surface area contributed by atoms with E-state index in [1.807, 2.05) is 13.8 Å². The summed E-state index contributed by atoms with van der Waals surface area (Å²) in [6, 6.07) is -1.43. The Hall–Kier alpha value is -1.70. The predicted molar refractivity (Wildman–Crippen MR) is 65.5 cm³/mol. The summed E-state index contributed by atoms with van der Waals surface area (Å²) in [6.07, 6.45) is 5.99. The molecule has 0 aromatic heterocycles. The molecule has 0 aliphatic heterocycles. The molecule has 2 N–H and O–H groups in total. The molecule has 0 rings (SSSR count). The Morgan fingerprint density at radius 1 is 1.53 bits per heavy atom. The lowest BCUT2D eigenvalue weighted by molar-refractivity contribution is -0.139. The predicted octanol–water partition coefficient (Wildman–Crippen LogP) is 1.15. The van der Waals surface area contributed by atoms with E-state index < -0.39 is 18.0 Å². The molecule has 2 unspecified atom stereocenters. The molecule has 2 amide bonds. The second-order valence-electron chi connectivity index (χ2n) is 4.14. The summed E-state index contributed by atoms with van der Waals surface area (Å²) in [6.45, 7) is 4.65. The lowest BCUT2D eigenvalue weighted by atomic mass is 10.1. The summed E-state index contributed by atoms with van der Waals surface area (Å²) in [5.74, 6) is 1.49. The quantitative estimate of drug-likeness (QED) is 0.684. The molecule has 0 aromatic rings. The fourth-order valence-electron chi connectivity index (χ4n) is 1.26. The van der Waals surface area contributed by atoms with Crippen molar-refractivity contribution in [1.29, 1.82) is 0 Å². The number of urea groups is 1. The van der Waals surface area contributed by atoms with Crippen LogP contribution in [0.15, 0.2) is 0 Å². The second kappa shape index (κ2) is 7.55. The van der Waals surface area contributed by atoms with E-state index in [1.54, 1.807) is 7.05 Å². The Morgan fingerprint density at radius 2 is 2.12 bits per heavy atom. The zero-order valence-electron chi connectivity index (χ0n) is 10.6. The van der Waals surface area contributed by atoms with Crippen LogP contribution in [0.5, 0.6) is 0 Å². The van der Waals surface area contributed by atoms with Crippen molar-refractivity contribution in [2.45, 2.75) is 32.7 Å². The molecule has 96 valence electrons. The van der Waals surface area contributed by atoms with Crippen molar-refractivity contribution in [1.82, 2.24) is 10.2 Å². The topological polar surface area (TPSA) is 69.6 Å². The number of nitrogens with one attached hydrogen (secondary N) is 1. The Kier molecular flexibility index (Phi) is 6.80. The molecule has 2 atom stereocenters. The molecule has 0 aromatic carbocycles. The van der Waals surface area contributed by atoms with E-state index in [0.717, 1.165) is 6.42 Å². The van der Waals surface area contributed by atoms with Crippen molar-refractivity contribution in [3.63, 3.8) is 0 Å². The largest absolute Gasteiger partial charge is 0.480 e. The van der Waals surface area contributed by atoms with Crippen LogP contribution in [-0.2, 0) is 4.79 Å². The van der Waals surface area contributed by atoms with E-state index in [9.17, 15) is 9.59 Å². The van der Waals surface area contributed by atoms with Crippen molar-refractivity contribution in [3.05, 3.63) is 0 Å². The Morgan fingerprint density at radius 3 is 2.53 bits per heavy atom. The summed E-state index contributed by atoms with van der Waals surface area (Å²) >= 11 is 0. The van der Waals surface area contributed by atoms with E-state index in [0.29, 0.717) is 12.5 Å². The molecule has 0 saturated carbocycles. The maximum absolute atomic E-state index is 11.7. The Bertz CT molecular complexity index is 309. The first-order chi connectivity index (χ1) is 7.92. The Balaban J connectivity index is 4.31. The van der Waals surface area contributed by atoms with Crippen molar-refractivity contribution in [2.75, 3.05) is 13.6 Å². The van der Waals surface area contributed by atoms with Gasteiger partial charge in [-0.15, -0.1) is 12.3 Å². The highest BCUT2D eigenvalue weighted by atomic mass is 16.4. The van der Waals surface area contributed by atoms with Gasteiger partial charge in [-0.1, -0.05) is 20.3 Å². The fraction of sp³-hybridized carbons (Fsp3) is 0.667. The summed E-state index contributed by atoms with van der Waals surface area (Å²) in [7, 11) is 1.64. The van der Waals surface area contributed by atoms with E-state index in [-0.39, 0.29) is 6.42 Å². The molecule has 0 aliphatic rings. The first kappa shape index (κ1) is 15.3. The number of aliphatic carboxylic acids is 1. The van der Waals surface area contributed by atoms with Gasteiger partial charge in [-0.25, -0.2) is 9.59 Å². The van der Waals surface area contributed by atoms with Gasteiger partial charge in [-0.2, -0.15) is 0 Å². The second-order valence-corrected chi connectivity index (χ2v) is 4.14. The summed E-state index contributed by atoms with van der Waals surface area (Å²) in [4.78, 5) is 23.9. The summed E-state index contributed by atoms with van der Waals surface area (Å²) in [5.41, 5.74) is 0. The zero-order chi connectivity index (χ0) is 13.4. The van der Waals surface area contributed by atoms with Crippen LogP contribution in [0.2, 0.25) is 0 Å². The summed E-state index contributed by atoms with van der Waals surface area (Å²) in [5, 5.41) is 11.2. The minimum absolute atomic E-state index is 0.0156. The van der Waals surface area contributed by atoms with Gasteiger partial charge in [0.15, 0.2) is 0 Å². The molecular formula is C12H20N2O3. The van der Waals surface area contributed by atoms with Gasteiger partial charge in [-0.3, -0.25) is 0 Å².